The maximum atomic E-state index is 12.3. The molecular formula is C18H29BN2O4. The van der Waals surface area contributed by atoms with Crippen LogP contribution in [-0.4, -0.2) is 49.5 Å². The summed E-state index contributed by atoms with van der Waals surface area (Å²) in [4.78, 5) is 14.0. The van der Waals surface area contributed by atoms with E-state index in [1.807, 2.05) is 59.7 Å². The van der Waals surface area contributed by atoms with Gasteiger partial charge < -0.3 is 24.3 Å². The number of hydrogen-bond donors (Lipinski definition) is 1. The molecule has 1 aromatic carbocycles. The molecule has 1 aromatic rings. The van der Waals surface area contributed by atoms with Gasteiger partial charge in [-0.15, -0.1) is 0 Å². The van der Waals surface area contributed by atoms with Gasteiger partial charge in [-0.05, 0) is 59.1 Å². The zero-order chi connectivity index (χ0) is 18.8. The lowest BCUT2D eigenvalue weighted by Crippen LogP contribution is -2.41. The van der Waals surface area contributed by atoms with Crippen LogP contribution >= 0.6 is 0 Å². The van der Waals surface area contributed by atoms with E-state index >= 15 is 0 Å². The fraction of sp³-hybridized carbons (Fsp3) is 0.611. The number of rotatable bonds is 5. The molecule has 1 saturated heterocycles. The largest absolute Gasteiger partial charge is 0.495 e. The lowest BCUT2D eigenvalue weighted by atomic mass is 9.79. The Balaban J connectivity index is 2.21. The summed E-state index contributed by atoms with van der Waals surface area (Å²) in [6, 6.07) is 5.41. The summed E-state index contributed by atoms with van der Waals surface area (Å²) in [5.41, 5.74) is 0.678. The summed E-state index contributed by atoms with van der Waals surface area (Å²) in [7, 11) is 1.11. The predicted molar refractivity (Wildman–Crippen MR) is 101 cm³/mol. The van der Waals surface area contributed by atoms with Gasteiger partial charge in [-0.1, -0.05) is 6.07 Å². The van der Waals surface area contributed by atoms with Gasteiger partial charge in [-0.3, -0.25) is 0 Å². The molecule has 1 heterocycles. The van der Waals surface area contributed by atoms with E-state index < -0.39 is 18.3 Å². The number of benzene rings is 1. The Bertz CT molecular complexity index is 614. The summed E-state index contributed by atoms with van der Waals surface area (Å²) >= 11 is 0. The molecule has 1 N–H and O–H groups in total. The summed E-state index contributed by atoms with van der Waals surface area (Å²) in [6.07, 6.45) is 0. The minimum Gasteiger partial charge on any atom is -0.495 e. The number of carbonyl (C=O) groups is 1. The van der Waals surface area contributed by atoms with Crippen molar-refractivity contribution in [3.8, 4) is 5.75 Å². The number of urea groups is 1. The van der Waals surface area contributed by atoms with Crippen LogP contribution in [0.25, 0.3) is 0 Å². The van der Waals surface area contributed by atoms with Crippen molar-refractivity contribution in [2.45, 2.75) is 52.7 Å². The van der Waals surface area contributed by atoms with Crippen LogP contribution in [0.5, 0.6) is 5.75 Å². The van der Waals surface area contributed by atoms with Crippen LogP contribution in [0.3, 0.4) is 0 Å². The van der Waals surface area contributed by atoms with Gasteiger partial charge in [-0.2, -0.15) is 0 Å². The lowest BCUT2D eigenvalue weighted by molar-refractivity contribution is 0.00578. The molecular weight excluding hydrogens is 319 g/mol. The molecule has 0 spiro atoms. The number of amides is 2. The molecule has 0 aliphatic carbocycles. The van der Waals surface area contributed by atoms with Crippen LogP contribution in [0.4, 0.5) is 10.5 Å². The molecule has 1 fully saturated rings. The SMILES string of the molecule is CCN(CC)C(=O)Nc1ccc(B2OC(C)(C)C(C)(C)O2)cc1OC. The number of methoxy groups -OCH3 is 1. The average molecular weight is 348 g/mol. The van der Waals surface area contributed by atoms with E-state index in [-0.39, 0.29) is 6.03 Å². The minimum absolute atomic E-state index is 0.147. The molecule has 2 amide bonds. The van der Waals surface area contributed by atoms with E-state index in [2.05, 4.69) is 5.32 Å². The maximum Gasteiger partial charge on any atom is 0.494 e. The van der Waals surface area contributed by atoms with Crippen molar-refractivity contribution in [3.05, 3.63) is 18.2 Å². The fourth-order valence-corrected chi connectivity index (χ4v) is 2.64. The van der Waals surface area contributed by atoms with Crippen LogP contribution < -0.4 is 15.5 Å². The van der Waals surface area contributed by atoms with Gasteiger partial charge in [0.15, 0.2) is 0 Å². The van der Waals surface area contributed by atoms with E-state index in [1.54, 1.807) is 12.0 Å². The van der Waals surface area contributed by atoms with Crippen molar-refractivity contribution in [1.29, 1.82) is 0 Å². The third-order valence-corrected chi connectivity index (χ3v) is 5.04. The Labute approximate surface area is 151 Å². The number of nitrogens with zero attached hydrogens (tertiary/aromatic N) is 1. The van der Waals surface area contributed by atoms with E-state index in [0.717, 1.165) is 5.46 Å². The first-order valence-electron chi connectivity index (χ1n) is 8.74. The molecule has 0 saturated carbocycles. The molecule has 1 aliphatic heterocycles. The zero-order valence-corrected chi connectivity index (χ0v) is 16.3. The van der Waals surface area contributed by atoms with Crippen molar-refractivity contribution in [1.82, 2.24) is 4.90 Å². The average Bonchev–Trinajstić information content (AvgIpc) is 2.77. The Morgan fingerprint density at radius 1 is 1.16 bits per heavy atom. The highest BCUT2D eigenvalue weighted by Gasteiger charge is 2.51. The van der Waals surface area contributed by atoms with Gasteiger partial charge in [0, 0.05) is 13.1 Å². The number of nitrogens with one attached hydrogen (secondary N) is 1. The molecule has 0 atom stereocenters. The molecule has 2 rings (SSSR count). The quantitative estimate of drug-likeness (QED) is 0.832. The second-order valence-electron chi connectivity index (χ2n) is 7.15. The number of hydrogen-bond acceptors (Lipinski definition) is 4. The first-order valence-corrected chi connectivity index (χ1v) is 8.74. The van der Waals surface area contributed by atoms with Crippen molar-refractivity contribution in [2.75, 3.05) is 25.5 Å². The molecule has 138 valence electrons. The summed E-state index contributed by atoms with van der Waals surface area (Å²) in [5, 5.41) is 2.89. The van der Waals surface area contributed by atoms with Gasteiger partial charge >= 0.3 is 13.1 Å². The first-order chi connectivity index (χ1) is 11.6. The number of anilines is 1. The smallest absolute Gasteiger partial charge is 0.494 e. The predicted octanol–water partition coefficient (Wildman–Crippen LogP) is 2.87. The van der Waals surface area contributed by atoms with Crippen molar-refractivity contribution < 1.29 is 18.8 Å². The van der Waals surface area contributed by atoms with E-state index in [1.165, 1.54) is 0 Å². The van der Waals surface area contributed by atoms with Crippen LogP contribution in [-0.2, 0) is 9.31 Å². The molecule has 25 heavy (non-hydrogen) atoms. The molecule has 0 bridgehead atoms. The standard InChI is InChI=1S/C18H29BN2O4/c1-8-21(9-2)16(22)20-14-11-10-13(12-15(14)23-7)19-24-17(3,4)18(5,6)25-19/h10-12H,8-9H2,1-7H3,(H,20,22). The number of ether oxygens (including phenoxy) is 1. The Morgan fingerprint density at radius 3 is 2.20 bits per heavy atom. The van der Waals surface area contributed by atoms with E-state index in [0.29, 0.717) is 24.5 Å². The normalized spacial score (nSPS) is 18.1. The van der Waals surface area contributed by atoms with Gasteiger partial charge in [0.2, 0.25) is 0 Å². The lowest BCUT2D eigenvalue weighted by Gasteiger charge is -2.32. The minimum atomic E-state index is -0.466. The van der Waals surface area contributed by atoms with E-state index in [9.17, 15) is 4.79 Å². The third-order valence-electron chi connectivity index (χ3n) is 5.04. The zero-order valence-electron chi connectivity index (χ0n) is 16.3. The van der Waals surface area contributed by atoms with Crippen LogP contribution in [0.15, 0.2) is 18.2 Å². The second-order valence-corrected chi connectivity index (χ2v) is 7.15. The highest BCUT2D eigenvalue weighted by Crippen LogP contribution is 2.37. The second kappa shape index (κ2) is 7.26. The highest BCUT2D eigenvalue weighted by atomic mass is 16.7. The molecule has 0 radical (unpaired) electrons. The van der Waals surface area contributed by atoms with Crippen molar-refractivity contribution in [3.63, 3.8) is 0 Å². The molecule has 1 aliphatic rings. The van der Waals surface area contributed by atoms with Gasteiger partial charge in [0.25, 0.3) is 0 Å². The summed E-state index contributed by atoms with van der Waals surface area (Å²) < 4.78 is 17.6. The Hall–Kier alpha value is -1.73. The van der Waals surface area contributed by atoms with Gasteiger partial charge in [0.1, 0.15) is 5.75 Å². The molecule has 0 aromatic heterocycles. The molecule has 0 unspecified atom stereocenters. The Morgan fingerprint density at radius 2 is 1.72 bits per heavy atom. The number of carbonyl (C=O) groups excluding carboxylic acids is 1. The molecule has 6 nitrogen and oxygen atoms in total. The third kappa shape index (κ3) is 3.93. The highest BCUT2D eigenvalue weighted by molar-refractivity contribution is 6.62. The van der Waals surface area contributed by atoms with Crippen molar-refractivity contribution in [2.24, 2.45) is 0 Å². The van der Waals surface area contributed by atoms with Crippen LogP contribution in [0.2, 0.25) is 0 Å². The first kappa shape index (κ1) is 19.6. The van der Waals surface area contributed by atoms with Crippen molar-refractivity contribution >= 4 is 24.3 Å². The summed E-state index contributed by atoms with van der Waals surface area (Å²) in [5.74, 6) is 0.577. The van der Waals surface area contributed by atoms with Gasteiger partial charge in [0.05, 0.1) is 24.0 Å². The van der Waals surface area contributed by atoms with E-state index in [4.69, 9.17) is 14.0 Å². The maximum absolute atomic E-state index is 12.3. The summed E-state index contributed by atoms with van der Waals surface area (Å²) in [6.45, 7) is 13.3. The van der Waals surface area contributed by atoms with Crippen LogP contribution in [0.1, 0.15) is 41.5 Å². The monoisotopic (exact) mass is 348 g/mol. The molecule has 7 heteroatoms. The van der Waals surface area contributed by atoms with Gasteiger partial charge in [-0.25, -0.2) is 4.79 Å². The van der Waals surface area contributed by atoms with Crippen LogP contribution in [0, 0.1) is 0 Å². The Kier molecular flexibility index (Phi) is 5.69. The fourth-order valence-electron chi connectivity index (χ4n) is 2.64. The topological polar surface area (TPSA) is 60.0 Å².